The van der Waals surface area contributed by atoms with Crippen LogP contribution < -0.4 is 0 Å². The molecule has 0 unspecified atom stereocenters. The first-order chi connectivity index (χ1) is 15.1. The van der Waals surface area contributed by atoms with Crippen molar-refractivity contribution >= 4 is 5.57 Å². The van der Waals surface area contributed by atoms with Gasteiger partial charge in [0, 0.05) is 0 Å². The monoisotopic (exact) mass is 432 g/mol. The average Bonchev–Trinajstić information content (AvgIpc) is 2.79. The van der Waals surface area contributed by atoms with Gasteiger partial charge in [0.1, 0.15) is 0 Å². The van der Waals surface area contributed by atoms with E-state index in [9.17, 15) is 13.2 Å². The molecule has 0 saturated heterocycles. The molecule has 1 fully saturated rings. The molecule has 0 aromatic heterocycles. The third-order valence-corrected chi connectivity index (χ3v) is 7.37. The van der Waals surface area contributed by atoms with E-state index in [1.54, 1.807) is 0 Å². The summed E-state index contributed by atoms with van der Waals surface area (Å²) >= 11 is 0. The first kappa shape index (κ1) is 24.1. The van der Waals surface area contributed by atoms with Crippen molar-refractivity contribution in [2.24, 2.45) is 11.8 Å². The largest absolute Gasteiger partial charge is 0.204 e. The molecule has 31 heavy (non-hydrogen) atoms. The van der Waals surface area contributed by atoms with E-state index in [1.807, 2.05) is 6.08 Å². The normalized spacial score (nSPS) is 21.7. The number of benzene rings is 1. The van der Waals surface area contributed by atoms with E-state index in [1.165, 1.54) is 89.0 Å². The second-order valence-electron chi connectivity index (χ2n) is 9.67. The molecule has 0 heterocycles. The van der Waals surface area contributed by atoms with E-state index < -0.39 is 17.5 Å². The third kappa shape index (κ3) is 7.26. The molecule has 3 heteroatoms. The first-order valence-corrected chi connectivity index (χ1v) is 12.6. The van der Waals surface area contributed by atoms with Crippen LogP contribution in [-0.2, 0) is 0 Å². The van der Waals surface area contributed by atoms with Crippen molar-refractivity contribution in [2.45, 2.75) is 103 Å². The van der Waals surface area contributed by atoms with Gasteiger partial charge in [-0.25, -0.2) is 13.2 Å². The second kappa shape index (κ2) is 12.5. The summed E-state index contributed by atoms with van der Waals surface area (Å²) in [5, 5.41) is 0. The minimum atomic E-state index is -1.39. The molecule has 0 amide bonds. The molecular formula is C28H39F3. The van der Waals surface area contributed by atoms with E-state index >= 15 is 0 Å². The first-order valence-electron chi connectivity index (χ1n) is 12.6. The second-order valence-corrected chi connectivity index (χ2v) is 9.67. The smallest absolute Gasteiger partial charge is 0.194 e. The fraction of sp³-hybridized carbons (Fsp3) is 0.643. The Balaban J connectivity index is 1.38. The summed E-state index contributed by atoms with van der Waals surface area (Å²) < 4.78 is 40.3. The quantitative estimate of drug-likeness (QED) is 0.241. The van der Waals surface area contributed by atoms with Crippen LogP contribution in [-0.4, -0.2) is 0 Å². The zero-order valence-corrected chi connectivity index (χ0v) is 19.2. The number of unbranched alkanes of at least 4 members (excludes halogenated alkanes) is 7. The lowest BCUT2D eigenvalue weighted by Crippen LogP contribution is -2.17. The SMILES string of the molecule is CCCCCCCCCCC1CCC(C2=CC=C(c3cc(F)c(F)c(F)c3)CC2)CC1. The van der Waals surface area contributed by atoms with Crippen LogP contribution in [0.25, 0.3) is 5.57 Å². The Morgan fingerprint density at radius 3 is 1.94 bits per heavy atom. The van der Waals surface area contributed by atoms with Crippen molar-refractivity contribution in [3.8, 4) is 0 Å². The van der Waals surface area contributed by atoms with E-state index in [0.29, 0.717) is 11.5 Å². The lowest BCUT2D eigenvalue weighted by atomic mass is 9.74. The van der Waals surface area contributed by atoms with Crippen molar-refractivity contribution in [3.05, 3.63) is 52.9 Å². The lowest BCUT2D eigenvalue weighted by molar-refractivity contribution is 0.278. The van der Waals surface area contributed by atoms with Gasteiger partial charge < -0.3 is 0 Å². The zero-order valence-electron chi connectivity index (χ0n) is 19.2. The van der Waals surface area contributed by atoms with E-state index in [4.69, 9.17) is 0 Å². The van der Waals surface area contributed by atoms with Crippen LogP contribution in [0.3, 0.4) is 0 Å². The molecule has 0 spiro atoms. The molecule has 0 aliphatic heterocycles. The van der Waals surface area contributed by atoms with Gasteiger partial charge in [-0.05, 0) is 73.6 Å². The minimum Gasteiger partial charge on any atom is -0.204 e. The van der Waals surface area contributed by atoms with E-state index in [-0.39, 0.29) is 0 Å². The van der Waals surface area contributed by atoms with Crippen LogP contribution in [0.15, 0.2) is 29.9 Å². The van der Waals surface area contributed by atoms with Gasteiger partial charge in [-0.3, -0.25) is 0 Å². The van der Waals surface area contributed by atoms with Crippen molar-refractivity contribution in [2.75, 3.05) is 0 Å². The molecule has 0 N–H and O–H groups in total. The average molecular weight is 433 g/mol. The summed E-state index contributed by atoms with van der Waals surface area (Å²) in [6.07, 6.45) is 23.6. The summed E-state index contributed by atoms with van der Waals surface area (Å²) in [7, 11) is 0. The van der Waals surface area contributed by atoms with Gasteiger partial charge in [0.25, 0.3) is 0 Å². The van der Waals surface area contributed by atoms with Crippen molar-refractivity contribution in [1.29, 1.82) is 0 Å². The number of hydrogen-bond donors (Lipinski definition) is 0. The molecular weight excluding hydrogens is 393 g/mol. The fourth-order valence-corrected chi connectivity index (χ4v) is 5.36. The van der Waals surface area contributed by atoms with Gasteiger partial charge in [-0.2, -0.15) is 0 Å². The molecule has 0 bridgehead atoms. The topological polar surface area (TPSA) is 0 Å². The van der Waals surface area contributed by atoms with E-state index in [0.717, 1.165) is 36.5 Å². The van der Waals surface area contributed by atoms with Crippen molar-refractivity contribution < 1.29 is 13.2 Å². The predicted molar refractivity (Wildman–Crippen MR) is 124 cm³/mol. The van der Waals surface area contributed by atoms with Crippen molar-refractivity contribution in [1.82, 2.24) is 0 Å². The molecule has 1 saturated carbocycles. The van der Waals surface area contributed by atoms with Gasteiger partial charge in [0.2, 0.25) is 0 Å². The number of halogens is 3. The highest BCUT2D eigenvalue weighted by Gasteiger charge is 2.24. The van der Waals surface area contributed by atoms with Crippen LogP contribution >= 0.6 is 0 Å². The number of allylic oxidation sites excluding steroid dienone is 4. The Kier molecular flexibility index (Phi) is 9.74. The predicted octanol–water partition coefficient (Wildman–Crippen LogP) is 9.54. The molecule has 172 valence electrons. The third-order valence-electron chi connectivity index (χ3n) is 7.37. The Morgan fingerprint density at radius 2 is 1.35 bits per heavy atom. The highest BCUT2D eigenvalue weighted by Crippen LogP contribution is 2.40. The summed E-state index contributed by atoms with van der Waals surface area (Å²) in [6.45, 7) is 2.27. The highest BCUT2D eigenvalue weighted by atomic mass is 19.2. The Hall–Kier alpha value is -1.51. The Morgan fingerprint density at radius 1 is 0.742 bits per heavy atom. The van der Waals surface area contributed by atoms with Crippen LogP contribution in [0, 0.1) is 29.3 Å². The zero-order chi connectivity index (χ0) is 22.1. The lowest BCUT2D eigenvalue weighted by Gasteiger charge is -2.31. The number of hydrogen-bond acceptors (Lipinski definition) is 0. The highest BCUT2D eigenvalue weighted by molar-refractivity contribution is 5.69. The molecule has 3 rings (SSSR count). The summed E-state index contributed by atoms with van der Waals surface area (Å²) in [5.41, 5.74) is 2.84. The summed E-state index contributed by atoms with van der Waals surface area (Å²) in [5.74, 6) is -2.05. The van der Waals surface area contributed by atoms with Gasteiger partial charge in [0.15, 0.2) is 17.5 Å². The molecule has 0 nitrogen and oxygen atoms in total. The van der Waals surface area contributed by atoms with Crippen molar-refractivity contribution in [3.63, 3.8) is 0 Å². The molecule has 2 aliphatic carbocycles. The van der Waals surface area contributed by atoms with Crippen LogP contribution in [0.4, 0.5) is 13.2 Å². The number of rotatable bonds is 11. The fourth-order valence-electron chi connectivity index (χ4n) is 5.36. The van der Waals surface area contributed by atoms with Crippen LogP contribution in [0.1, 0.15) is 109 Å². The molecule has 2 aliphatic rings. The van der Waals surface area contributed by atoms with Gasteiger partial charge in [-0.1, -0.05) is 82.4 Å². The molecule has 0 radical (unpaired) electrons. The minimum absolute atomic E-state index is 0.459. The Labute approximate surface area is 187 Å². The molecule has 1 aromatic carbocycles. The van der Waals surface area contributed by atoms with Gasteiger partial charge >= 0.3 is 0 Å². The Bertz CT molecular complexity index is 731. The van der Waals surface area contributed by atoms with Crippen LogP contribution in [0.2, 0.25) is 0 Å². The summed E-state index contributed by atoms with van der Waals surface area (Å²) in [6, 6.07) is 2.22. The standard InChI is InChI=1S/C28H39F3/c1-2-3-4-5-6-7-8-9-10-21-11-13-22(14-12-21)23-15-17-24(18-16-23)25-19-26(29)28(31)27(30)20-25/h15,17,19-22H,2-14,16,18H2,1H3. The molecule has 1 aromatic rings. The maximum atomic E-state index is 13.5. The summed E-state index contributed by atoms with van der Waals surface area (Å²) in [4.78, 5) is 0. The van der Waals surface area contributed by atoms with E-state index in [2.05, 4.69) is 13.0 Å². The molecule has 0 atom stereocenters. The van der Waals surface area contributed by atoms with Gasteiger partial charge in [0.05, 0.1) is 0 Å². The maximum absolute atomic E-state index is 13.5. The van der Waals surface area contributed by atoms with Gasteiger partial charge in [-0.15, -0.1) is 0 Å². The van der Waals surface area contributed by atoms with Crippen LogP contribution in [0.5, 0.6) is 0 Å². The maximum Gasteiger partial charge on any atom is 0.194 e.